The van der Waals surface area contributed by atoms with Crippen molar-refractivity contribution in [2.24, 2.45) is 4.40 Å². The van der Waals surface area contributed by atoms with Gasteiger partial charge in [0.05, 0.1) is 0 Å². The van der Waals surface area contributed by atoms with Crippen molar-refractivity contribution in [1.82, 2.24) is 0 Å². The molecule has 0 N–H and O–H groups in total. The van der Waals surface area contributed by atoms with Crippen LogP contribution in [0.1, 0.15) is 5.56 Å². The van der Waals surface area contributed by atoms with E-state index in [0.717, 1.165) is 6.42 Å². The van der Waals surface area contributed by atoms with Gasteiger partial charge in [0.2, 0.25) is 0 Å². The summed E-state index contributed by atoms with van der Waals surface area (Å²) in [6.07, 6.45) is 2.94. The van der Waals surface area contributed by atoms with Crippen molar-refractivity contribution in [3.63, 3.8) is 0 Å². The molecule has 0 bridgehead atoms. The molecule has 58 valence electrons. The number of benzene rings is 1. The van der Waals surface area contributed by atoms with Crippen molar-refractivity contribution in [3.8, 4) is 0 Å². The maximum atomic E-state index is 4.11. The van der Waals surface area contributed by atoms with E-state index in [1.807, 2.05) is 12.3 Å². The Morgan fingerprint density at radius 3 is 2.91 bits per heavy atom. The van der Waals surface area contributed by atoms with Crippen LogP contribution in [0.2, 0.25) is 0 Å². The summed E-state index contributed by atoms with van der Waals surface area (Å²) in [6.45, 7) is 0. The number of nitrogens with zero attached hydrogens (tertiary/aromatic N) is 1. The lowest BCUT2D eigenvalue weighted by Crippen LogP contribution is -1.92. The number of hydrogen-bond donors (Lipinski definition) is 0. The molecule has 0 aromatic heterocycles. The average molecular weight is 186 g/mol. The minimum Gasteiger partial charge on any atom is -0.223 e. The first kappa shape index (κ1) is 8.62. The predicted molar refractivity (Wildman–Crippen MR) is 51.7 cm³/mol. The van der Waals surface area contributed by atoms with Crippen molar-refractivity contribution in [3.05, 3.63) is 29.8 Å². The highest BCUT2D eigenvalue weighted by Gasteiger charge is 2.03. The lowest BCUT2D eigenvalue weighted by atomic mass is 10.2. The monoisotopic (exact) mass is 185 g/mol. The lowest BCUT2D eigenvalue weighted by Gasteiger charge is -2.06. The molecular formula is C8H8ClNS. The van der Waals surface area contributed by atoms with Gasteiger partial charge in [-0.1, -0.05) is 18.2 Å². The van der Waals surface area contributed by atoms with Crippen molar-refractivity contribution >= 4 is 30.6 Å². The van der Waals surface area contributed by atoms with Crippen molar-refractivity contribution in [2.45, 2.75) is 11.3 Å². The molecule has 1 heterocycles. The zero-order valence-corrected chi connectivity index (χ0v) is 7.49. The van der Waals surface area contributed by atoms with Gasteiger partial charge in [-0.25, -0.2) is 4.40 Å². The van der Waals surface area contributed by atoms with E-state index in [1.54, 1.807) is 11.9 Å². The van der Waals surface area contributed by atoms with E-state index in [0.29, 0.717) is 0 Å². The Morgan fingerprint density at radius 1 is 1.27 bits per heavy atom. The molecule has 0 amide bonds. The van der Waals surface area contributed by atoms with Crippen LogP contribution in [0.15, 0.2) is 33.6 Å². The summed E-state index contributed by atoms with van der Waals surface area (Å²) in [5, 5.41) is 0. The maximum Gasteiger partial charge on any atom is 0.0341 e. The molecule has 3 heteroatoms. The highest BCUT2D eigenvalue weighted by molar-refractivity contribution is 7.98. The quantitative estimate of drug-likeness (QED) is 0.567. The van der Waals surface area contributed by atoms with E-state index in [9.17, 15) is 0 Å². The summed E-state index contributed by atoms with van der Waals surface area (Å²) in [5.74, 6) is 0. The molecule has 0 saturated heterocycles. The minimum absolute atomic E-state index is 0. The second kappa shape index (κ2) is 3.79. The molecule has 1 aliphatic rings. The number of rotatable bonds is 0. The third-order valence-corrected chi connectivity index (χ3v) is 2.36. The molecule has 1 aromatic rings. The molecule has 2 rings (SSSR count). The van der Waals surface area contributed by atoms with E-state index >= 15 is 0 Å². The van der Waals surface area contributed by atoms with E-state index in [2.05, 4.69) is 22.6 Å². The van der Waals surface area contributed by atoms with Gasteiger partial charge < -0.3 is 0 Å². The molecule has 0 aliphatic carbocycles. The fourth-order valence-electron chi connectivity index (χ4n) is 0.991. The Kier molecular flexibility index (Phi) is 2.97. The molecule has 1 aromatic carbocycles. The molecule has 0 saturated carbocycles. The summed E-state index contributed by atoms with van der Waals surface area (Å²) in [6, 6.07) is 8.37. The van der Waals surface area contributed by atoms with Crippen LogP contribution >= 0.6 is 24.4 Å². The largest absolute Gasteiger partial charge is 0.223 e. The van der Waals surface area contributed by atoms with E-state index in [-0.39, 0.29) is 12.4 Å². The van der Waals surface area contributed by atoms with Crippen LogP contribution < -0.4 is 0 Å². The van der Waals surface area contributed by atoms with Gasteiger partial charge in [0.25, 0.3) is 0 Å². The molecule has 0 atom stereocenters. The molecule has 0 spiro atoms. The topological polar surface area (TPSA) is 12.4 Å². The second-order valence-corrected chi connectivity index (χ2v) is 3.02. The molecular weight excluding hydrogens is 178 g/mol. The Morgan fingerprint density at radius 2 is 2.09 bits per heavy atom. The third kappa shape index (κ3) is 1.76. The number of hydrogen-bond acceptors (Lipinski definition) is 2. The van der Waals surface area contributed by atoms with E-state index in [4.69, 9.17) is 0 Å². The summed E-state index contributed by atoms with van der Waals surface area (Å²) in [7, 11) is 0. The van der Waals surface area contributed by atoms with Gasteiger partial charge in [-0.2, -0.15) is 0 Å². The smallest absolute Gasteiger partial charge is 0.0341 e. The Labute approximate surface area is 76.5 Å². The molecule has 11 heavy (non-hydrogen) atoms. The fraction of sp³-hybridized carbons (Fsp3) is 0.125. The Hall–Kier alpha value is -0.470. The van der Waals surface area contributed by atoms with Crippen LogP contribution in [0.25, 0.3) is 0 Å². The van der Waals surface area contributed by atoms with Crippen molar-refractivity contribution in [2.75, 3.05) is 0 Å². The summed E-state index contributed by atoms with van der Waals surface area (Å²) >= 11 is 1.56. The first-order valence-corrected chi connectivity index (χ1v) is 4.01. The predicted octanol–water partition coefficient (Wildman–Crippen LogP) is 2.74. The van der Waals surface area contributed by atoms with E-state index in [1.165, 1.54) is 10.5 Å². The fourth-order valence-corrected chi connectivity index (χ4v) is 1.66. The maximum absolute atomic E-state index is 4.11. The van der Waals surface area contributed by atoms with Gasteiger partial charge >= 0.3 is 0 Å². The van der Waals surface area contributed by atoms with Gasteiger partial charge in [-0.05, 0) is 11.6 Å². The van der Waals surface area contributed by atoms with Crippen LogP contribution in [0.5, 0.6) is 0 Å². The van der Waals surface area contributed by atoms with Gasteiger partial charge in [-0.15, -0.1) is 12.4 Å². The number of halogens is 1. The first-order valence-electron chi connectivity index (χ1n) is 3.23. The highest BCUT2D eigenvalue weighted by atomic mass is 35.5. The van der Waals surface area contributed by atoms with Crippen molar-refractivity contribution < 1.29 is 0 Å². The van der Waals surface area contributed by atoms with Crippen LogP contribution in [0.3, 0.4) is 0 Å². The van der Waals surface area contributed by atoms with Gasteiger partial charge in [0.1, 0.15) is 0 Å². The second-order valence-electron chi connectivity index (χ2n) is 2.19. The Balaban J connectivity index is 0.000000605. The molecule has 0 radical (unpaired) electrons. The summed E-state index contributed by atoms with van der Waals surface area (Å²) in [4.78, 5) is 1.30. The number of fused-ring (bicyclic) bond motifs is 1. The molecule has 0 unspecified atom stereocenters. The van der Waals surface area contributed by atoms with Gasteiger partial charge in [0.15, 0.2) is 0 Å². The van der Waals surface area contributed by atoms with Gasteiger partial charge in [0, 0.05) is 29.5 Å². The van der Waals surface area contributed by atoms with Crippen LogP contribution in [0, 0.1) is 0 Å². The zero-order valence-electron chi connectivity index (χ0n) is 5.86. The average Bonchev–Trinajstić information content (AvgIpc) is 2.05. The van der Waals surface area contributed by atoms with Crippen LogP contribution in [-0.4, -0.2) is 6.21 Å². The van der Waals surface area contributed by atoms with Crippen LogP contribution in [0.4, 0.5) is 0 Å². The van der Waals surface area contributed by atoms with E-state index < -0.39 is 0 Å². The van der Waals surface area contributed by atoms with Crippen molar-refractivity contribution in [1.29, 1.82) is 0 Å². The first-order chi connectivity index (χ1) is 4.97. The van der Waals surface area contributed by atoms with Gasteiger partial charge in [-0.3, -0.25) is 0 Å². The van der Waals surface area contributed by atoms with Crippen LogP contribution in [-0.2, 0) is 6.42 Å². The highest BCUT2D eigenvalue weighted by Crippen LogP contribution is 2.26. The molecule has 0 fully saturated rings. The SMILES string of the molecule is C1=NSc2ccccc2C1.Cl. The summed E-state index contributed by atoms with van der Waals surface area (Å²) < 4.78 is 4.11. The Bertz CT molecular complexity index is 246. The standard InChI is InChI=1S/C8H7NS.ClH/c1-2-4-8-7(3-1)5-6-9-10-8;/h1-4,6H,5H2;1H. The lowest BCUT2D eigenvalue weighted by molar-refractivity contribution is 1.22. The molecule has 1 aliphatic heterocycles. The third-order valence-electron chi connectivity index (χ3n) is 1.51. The zero-order chi connectivity index (χ0) is 6.81. The summed E-state index contributed by atoms with van der Waals surface area (Å²) in [5.41, 5.74) is 1.39. The normalized spacial score (nSPS) is 13.5. The minimum atomic E-state index is 0. The molecule has 1 nitrogen and oxygen atoms in total.